The van der Waals surface area contributed by atoms with Crippen LogP contribution < -0.4 is 4.74 Å². The van der Waals surface area contributed by atoms with Gasteiger partial charge in [-0.15, -0.1) is 0 Å². The maximum absolute atomic E-state index is 13.4. The molecule has 0 spiro atoms. The second-order valence-corrected chi connectivity index (χ2v) is 3.68. The van der Waals surface area contributed by atoms with Gasteiger partial charge in [-0.25, -0.2) is 18.0 Å². The molecule has 3 nitrogen and oxygen atoms in total. The molecule has 0 saturated heterocycles. The monoisotopic (exact) mass is 286 g/mol. The van der Waals surface area contributed by atoms with E-state index in [0.717, 1.165) is 0 Å². The average molecular weight is 286 g/mol. The summed E-state index contributed by atoms with van der Waals surface area (Å²) < 4.78 is 57.0. The van der Waals surface area contributed by atoms with Crippen LogP contribution in [0, 0.1) is 23.3 Å². The Balaban J connectivity index is 2.45. The van der Waals surface area contributed by atoms with Crippen LogP contribution in [0.25, 0.3) is 0 Å². The number of ether oxygens (including phenoxy) is 1. The van der Waals surface area contributed by atoms with E-state index in [1.165, 1.54) is 24.3 Å². The molecule has 7 heteroatoms. The summed E-state index contributed by atoms with van der Waals surface area (Å²) in [5.41, 5.74) is -1.41. The predicted octanol–water partition coefficient (Wildman–Crippen LogP) is 3.17. The Morgan fingerprint density at radius 2 is 1.45 bits per heavy atom. The van der Waals surface area contributed by atoms with Gasteiger partial charge in [-0.3, -0.25) is 0 Å². The molecule has 0 bridgehead atoms. The molecule has 0 aliphatic heterocycles. The van der Waals surface area contributed by atoms with Crippen LogP contribution in [-0.4, -0.2) is 11.1 Å². The number of rotatable bonds is 2. The fourth-order valence-corrected chi connectivity index (χ4v) is 1.45. The Morgan fingerprint density at radius 3 is 2.05 bits per heavy atom. The summed E-state index contributed by atoms with van der Waals surface area (Å²) in [6.07, 6.45) is 0. The molecule has 0 radical (unpaired) electrons. The van der Waals surface area contributed by atoms with Gasteiger partial charge in [-0.2, -0.15) is 4.39 Å². The molecule has 1 N–H and O–H groups in total. The Morgan fingerprint density at radius 1 is 0.900 bits per heavy atom. The zero-order valence-corrected chi connectivity index (χ0v) is 9.66. The highest BCUT2D eigenvalue weighted by Crippen LogP contribution is 2.30. The topological polar surface area (TPSA) is 46.5 Å². The summed E-state index contributed by atoms with van der Waals surface area (Å²) in [6.45, 7) is 0. The maximum atomic E-state index is 13.4. The Labute approximate surface area is 110 Å². The highest BCUT2D eigenvalue weighted by molar-refractivity contribution is 5.94. The number of hydrogen-bond acceptors (Lipinski definition) is 3. The first kappa shape index (κ1) is 13.9. The third kappa shape index (κ3) is 2.29. The van der Waals surface area contributed by atoms with Gasteiger partial charge in [0.05, 0.1) is 0 Å². The fraction of sp³-hybridized carbons (Fsp3) is 0. The van der Waals surface area contributed by atoms with E-state index in [1.807, 2.05) is 0 Å². The highest BCUT2D eigenvalue weighted by Gasteiger charge is 2.30. The van der Waals surface area contributed by atoms with Crippen LogP contribution in [0.3, 0.4) is 0 Å². The van der Waals surface area contributed by atoms with Gasteiger partial charge in [0.15, 0.2) is 17.4 Å². The lowest BCUT2D eigenvalue weighted by Crippen LogP contribution is -2.14. The number of hydrogen-bond donors (Lipinski definition) is 1. The Kier molecular flexibility index (Phi) is 3.60. The molecule has 0 saturated carbocycles. The molecule has 2 aromatic rings. The summed E-state index contributed by atoms with van der Waals surface area (Å²) in [6, 6.07) is 7.23. The quantitative estimate of drug-likeness (QED) is 0.303. The van der Waals surface area contributed by atoms with Crippen LogP contribution in [0.2, 0.25) is 0 Å². The molecule has 0 aliphatic carbocycles. The minimum atomic E-state index is -2.21. The molecule has 2 aromatic carbocycles. The van der Waals surface area contributed by atoms with Gasteiger partial charge in [-0.05, 0) is 12.1 Å². The van der Waals surface area contributed by atoms with Crippen LogP contribution in [0.4, 0.5) is 17.6 Å². The van der Waals surface area contributed by atoms with Crippen molar-refractivity contribution in [3.63, 3.8) is 0 Å². The van der Waals surface area contributed by atoms with Crippen LogP contribution in [0.1, 0.15) is 10.4 Å². The molecule has 2 rings (SSSR count). The van der Waals surface area contributed by atoms with Gasteiger partial charge in [0, 0.05) is 0 Å². The summed E-state index contributed by atoms with van der Waals surface area (Å²) in [5, 5.41) is 9.21. The van der Waals surface area contributed by atoms with Gasteiger partial charge in [-0.1, -0.05) is 18.2 Å². The van der Waals surface area contributed by atoms with Crippen molar-refractivity contribution in [2.24, 2.45) is 0 Å². The molecular weight excluding hydrogens is 280 g/mol. The third-order valence-electron chi connectivity index (χ3n) is 2.40. The van der Waals surface area contributed by atoms with Crippen LogP contribution in [0.5, 0.6) is 11.5 Å². The van der Waals surface area contributed by atoms with E-state index >= 15 is 0 Å². The Bertz CT molecular complexity index is 642. The van der Waals surface area contributed by atoms with Gasteiger partial charge in [0.1, 0.15) is 11.3 Å². The minimum Gasteiger partial charge on any atom is -0.504 e. The highest BCUT2D eigenvalue weighted by atomic mass is 19.2. The smallest absolute Gasteiger partial charge is 0.350 e. The predicted molar refractivity (Wildman–Crippen MR) is 59.3 cm³/mol. The fourth-order valence-electron chi connectivity index (χ4n) is 1.45. The molecule has 0 aromatic heterocycles. The second-order valence-electron chi connectivity index (χ2n) is 3.68. The summed E-state index contributed by atoms with van der Waals surface area (Å²) in [4.78, 5) is 11.6. The van der Waals surface area contributed by atoms with Crippen molar-refractivity contribution in [1.29, 1.82) is 0 Å². The van der Waals surface area contributed by atoms with E-state index in [4.69, 9.17) is 0 Å². The van der Waals surface area contributed by atoms with Crippen molar-refractivity contribution in [3.05, 3.63) is 59.2 Å². The second kappa shape index (κ2) is 5.20. The number of para-hydroxylation sites is 1. The number of carbonyl (C=O) groups excluding carboxylic acids is 1. The lowest BCUT2D eigenvalue weighted by atomic mass is 10.1. The maximum Gasteiger partial charge on any atom is 0.350 e. The van der Waals surface area contributed by atoms with E-state index in [1.54, 1.807) is 6.07 Å². The minimum absolute atomic E-state index is 0.0403. The number of aromatic hydroxyl groups is 1. The zero-order chi connectivity index (χ0) is 14.9. The molecule has 104 valence electrons. The summed E-state index contributed by atoms with van der Waals surface area (Å²) in [7, 11) is 0. The zero-order valence-electron chi connectivity index (χ0n) is 9.66. The normalized spacial score (nSPS) is 10.4. The molecule has 0 atom stereocenters. The van der Waals surface area contributed by atoms with Crippen LogP contribution >= 0.6 is 0 Å². The number of phenolic OH excluding ortho intramolecular Hbond substituents is 1. The van der Waals surface area contributed by atoms with E-state index in [9.17, 15) is 27.5 Å². The largest absolute Gasteiger partial charge is 0.504 e. The SMILES string of the molecule is O=C(Oc1ccccc1)c1c(O)c(F)c(F)c(F)c1F. The number of esters is 1. The molecule has 0 amide bonds. The molecule has 0 aliphatic rings. The number of halogens is 4. The van der Waals surface area contributed by atoms with Crippen molar-refractivity contribution < 1.29 is 32.2 Å². The van der Waals surface area contributed by atoms with Gasteiger partial charge >= 0.3 is 5.97 Å². The molecule has 0 fully saturated rings. The van der Waals surface area contributed by atoms with Crippen molar-refractivity contribution in [2.75, 3.05) is 0 Å². The molecular formula is C13H6F4O3. The lowest BCUT2D eigenvalue weighted by molar-refractivity contribution is 0.0723. The summed E-state index contributed by atoms with van der Waals surface area (Å²) in [5.74, 6) is -11.8. The Hall–Kier alpha value is -2.57. The standard InChI is InChI=1S/C13H6F4O3/c14-8-7(12(18)11(17)10(16)9(8)15)13(19)20-6-4-2-1-3-5-6/h1-5,18H. The number of benzene rings is 2. The molecule has 0 unspecified atom stereocenters. The van der Waals surface area contributed by atoms with Gasteiger partial charge in [0.25, 0.3) is 0 Å². The van der Waals surface area contributed by atoms with Crippen LogP contribution in [0.15, 0.2) is 30.3 Å². The first-order chi connectivity index (χ1) is 9.43. The lowest BCUT2D eigenvalue weighted by Gasteiger charge is -2.09. The third-order valence-corrected chi connectivity index (χ3v) is 2.40. The number of carbonyl (C=O) groups is 1. The van der Waals surface area contributed by atoms with E-state index in [2.05, 4.69) is 4.74 Å². The average Bonchev–Trinajstić information content (AvgIpc) is 2.44. The molecule has 20 heavy (non-hydrogen) atoms. The number of phenols is 1. The summed E-state index contributed by atoms with van der Waals surface area (Å²) >= 11 is 0. The van der Waals surface area contributed by atoms with Crippen molar-refractivity contribution >= 4 is 5.97 Å². The van der Waals surface area contributed by atoms with E-state index in [-0.39, 0.29) is 5.75 Å². The van der Waals surface area contributed by atoms with Crippen molar-refractivity contribution in [2.45, 2.75) is 0 Å². The van der Waals surface area contributed by atoms with E-state index < -0.39 is 40.6 Å². The van der Waals surface area contributed by atoms with Gasteiger partial charge < -0.3 is 9.84 Å². The molecule has 0 heterocycles. The van der Waals surface area contributed by atoms with Crippen LogP contribution in [-0.2, 0) is 0 Å². The first-order valence-electron chi connectivity index (χ1n) is 5.25. The first-order valence-corrected chi connectivity index (χ1v) is 5.25. The van der Waals surface area contributed by atoms with Gasteiger partial charge in [0.2, 0.25) is 11.6 Å². The van der Waals surface area contributed by atoms with Crippen molar-refractivity contribution in [3.8, 4) is 11.5 Å². The van der Waals surface area contributed by atoms with Crippen molar-refractivity contribution in [1.82, 2.24) is 0 Å². The van der Waals surface area contributed by atoms with E-state index in [0.29, 0.717) is 0 Å².